The Morgan fingerprint density at radius 2 is 1.72 bits per heavy atom. The number of hydrogen-bond acceptors (Lipinski definition) is 1. The smallest absolute Gasteiger partial charge is 0.146 e. The molecule has 0 spiro atoms. The summed E-state index contributed by atoms with van der Waals surface area (Å²) in [6.45, 7) is 2.26. The summed E-state index contributed by atoms with van der Waals surface area (Å²) in [7, 11) is 0.878. The number of rotatable bonds is 10. The fourth-order valence-corrected chi connectivity index (χ4v) is 2.83. The van der Waals surface area contributed by atoms with E-state index in [9.17, 15) is 0 Å². The lowest BCUT2D eigenvalue weighted by atomic mass is 10.0. The monoisotopic (exact) mass is 264 g/mol. The second-order valence-corrected chi connectivity index (χ2v) is 5.56. The topological polar surface area (TPSA) is 9.23 Å². The molecule has 0 N–H and O–H groups in total. The maximum atomic E-state index is 5.71. The Labute approximate surface area is 115 Å². The van der Waals surface area contributed by atoms with Crippen molar-refractivity contribution in [1.29, 1.82) is 0 Å². The predicted octanol–water partition coefficient (Wildman–Crippen LogP) is 3.65. The number of benzene rings is 1. The first-order chi connectivity index (χ1) is 8.86. The average molecular weight is 264 g/mol. The number of unbranched alkanes of at least 4 members (excludes halogenated alkanes) is 3. The Morgan fingerprint density at radius 1 is 1.00 bits per heavy atom. The second-order valence-electron chi connectivity index (χ2n) is 5.08. The molecule has 0 saturated carbocycles. The standard InChI is InChI=1S/C16H28OSi/c1-2-3-4-8-13-16(17-18)14-9-12-15-10-6-5-7-11-15/h5-7,10-11,16H,2-4,8-9,12-14H2,1,18H3. The van der Waals surface area contributed by atoms with Gasteiger partial charge in [-0.05, 0) is 31.2 Å². The fourth-order valence-electron chi connectivity index (χ4n) is 2.36. The molecule has 1 unspecified atom stereocenters. The lowest BCUT2D eigenvalue weighted by Crippen LogP contribution is -2.11. The average Bonchev–Trinajstić information content (AvgIpc) is 2.42. The van der Waals surface area contributed by atoms with Gasteiger partial charge in [0.05, 0.1) is 0 Å². The summed E-state index contributed by atoms with van der Waals surface area (Å²) in [5.41, 5.74) is 1.45. The molecule has 0 amide bonds. The van der Waals surface area contributed by atoms with Crippen molar-refractivity contribution in [2.45, 2.75) is 64.4 Å². The molecule has 2 heteroatoms. The van der Waals surface area contributed by atoms with E-state index in [-0.39, 0.29) is 0 Å². The Bertz CT molecular complexity index is 286. The third-order valence-electron chi connectivity index (χ3n) is 3.55. The van der Waals surface area contributed by atoms with E-state index in [1.807, 2.05) is 0 Å². The Balaban J connectivity index is 2.11. The minimum absolute atomic E-state index is 0.525. The minimum atomic E-state index is 0.525. The van der Waals surface area contributed by atoms with Crippen LogP contribution in [0.1, 0.15) is 57.4 Å². The third-order valence-corrected chi connectivity index (χ3v) is 4.21. The van der Waals surface area contributed by atoms with Gasteiger partial charge in [0.1, 0.15) is 10.5 Å². The SMILES string of the molecule is CCCCCCC(CCCc1ccccc1)O[SiH3]. The highest BCUT2D eigenvalue weighted by Crippen LogP contribution is 2.14. The molecule has 1 rings (SSSR count). The van der Waals surface area contributed by atoms with Gasteiger partial charge in [-0.15, -0.1) is 0 Å². The molecular weight excluding hydrogens is 236 g/mol. The third kappa shape index (κ3) is 6.97. The van der Waals surface area contributed by atoms with E-state index in [2.05, 4.69) is 37.3 Å². The molecule has 0 aliphatic heterocycles. The van der Waals surface area contributed by atoms with Crippen LogP contribution in [0.2, 0.25) is 0 Å². The highest BCUT2D eigenvalue weighted by atomic mass is 28.2. The quantitative estimate of drug-likeness (QED) is 0.463. The van der Waals surface area contributed by atoms with Crippen LogP contribution in [0.3, 0.4) is 0 Å². The van der Waals surface area contributed by atoms with Crippen molar-refractivity contribution in [1.82, 2.24) is 0 Å². The highest BCUT2D eigenvalue weighted by Gasteiger charge is 2.06. The predicted molar refractivity (Wildman–Crippen MR) is 83.0 cm³/mol. The molecule has 0 aliphatic carbocycles. The van der Waals surface area contributed by atoms with Gasteiger partial charge in [0.2, 0.25) is 0 Å². The number of hydrogen-bond donors (Lipinski definition) is 0. The van der Waals surface area contributed by atoms with Gasteiger partial charge >= 0.3 is 0 Å². The van der Waals surface area contributed by atoms with Crippen LogP contribution in [-0.2, 0) is 10.8 Å². The van der Waals surface area contributed by atoms with Crippen molar-refractivity contribution >= 4 is 10.5 Å². The first-order valence-corrected chi connectivity index (χ1v) is 8.25. The molecule has 0 radical (unpaired) electrons. The van der Waals surface area contributed by atoms with Crippen LogP contribution in [0.15, 0.2) is 30.3 Å². The lowest BCUT2D eigenvalue weighted by molar-refractivity contribution is 0.191. The summed E-state index contributed by atoms with van der Waals surface area (Å²) in [4.78, 5) is 0. The molecule has 1 nitrogen and oxygen atoms in total. The molecule has 0 aliphatic rings. The van der Waals surface area contributed by atoms with Gasteiger partial charge in [-0.1, -0.05) is 62.9 Å². The Kier molecular flexibility index (Phi) is 8.87. The van der Waals surface area contributed by atoms with Gasteiger partial charge in [-0.25, -0.2) is 0 Å². The summed E-state index contributed by atoms with van der Waals surface area (Å²) >= 11 is 0. The van der Waals surface area contributed by atoms with Crippen molar-refractivity contribution in [3.63, 3.8) is 0 Å². The molecule has 18 heavy (non-hydrogen) atoms. The van der Waals surface area contributed by atoms with Gasteiger partial charge in [0.25, 0.3) is 0 Å². The molecule has 0 aromatic heterocycles. The van der Waals surface area contributed by atoms with E-state index in [0.29, 0.717) is 6.10 Å². The van der Waals surface area contributed by atoms with Gasteiger partial charge in [0, 0.05) is 6.10 Å². The summed E-state index contributed by atoms with van der Waals surface area (Å²) in [6.07, 6.45) is 10.9. The van der Waals surface area contributed by atoms with Crippen LogP contribution in [0, 0.1) is 0 Å². The zero-order valence-corrected chi connectivity index (χ0v) is 14.0. The van der Waals surface area contributed by atoms with E-state index in [1.165, 1.54) is 56.9 Å². The Hall–Kier alpha value is -0.603. The van der Waals surface area contributed by atoms with Gasteiger partial charge in [0.15, 0.2) is 0 Å². The maximum absolute atomic E-state index is 5.71. The van der Waals surface area contributed by atoms with Crippen molar-refractivity contribution < 1.29 is 4.43 Å². The minimum Gasteiger partial charge on any atom is -0.425 e. The van der Waals surface area contributed by atoms with E-state index >= 15 is 0 Å². The summed E-state index contributed by atoms with van der Waals surface area (Å²) in [6, 6.07) is 10.8. The molecule has 0 heterocycles. The summed E-state index contributed by atoms with van der Waals surface area (Å²) < 4.78 is 5.71. The normalized spacial score (nSPS) is 12.7. The maximum Gasteiger partial charge on any atom is 0.146 e. The molecule has 0 saturated heterocycles. The van der Waals surface area contributed by atoms with Gasteiger partial charge in [-0.2, -0.15) is 0 Å². The van der Waals surface area contributed by atoms with Gasteiger partial charge < -0.3 is 4.43 Å². The molecular formula is C16H28OSi. The first kappa shape index (κ1) is 15.5. The van der Waals surface area contributed by atoms with E-state index < -0.39 is 0 Å². The zero-order chi connectivity index (χ0) is 13.1. The molecule has 1 aromatic rings. The summed E-state index contributed by atoms with van der Waals surface area (Å²) in [5.74, 6) is 0. The summed E-state index contributed by atoms with van der Waals surface area (Å²) in [5, 5.41) is 0. The fraction of sp³-hybridized carbons (Fsp3) is 0.625. The highest BCUT2D eigenvalue weighted by molar-refractivity contribution is 5.98. The van der Waals surface area contributed by atoms with E-state index in [4.69, 9.17) is 4.43 Å². The molecule has 0 fully saturated rings. The van der Waals surface area contributed by atoms with Crippen LogP contribution in [0.5, 0.6) is 0 Å². The van der Waals surface area contributed by atoms with E-state index in [0.717, 1.165) is 10.5 Å². The largest absolute Gasteiger partial charge is 0.425 e. The van der Waals surface area contributed by atoms with Crippen molar-refractivity contribution in [3.8, 4) is 0 Å². The van der Waals surface area contributed by atoms with Crippen LogP contribution < -0.4 is 0 Å². The van der Waals surface area contributed by atoms with Crippen LogP contribution in [0.4, 0.5) is 0 Å². The van der Waals surface area contributed by atoms with Crippen LogP contribution in [0.25, 0.3) is 0 Å². The Morgan fingerprint density at radius 3 is 2.39 bits per heavy atom. The van der Waals surface area contributed by atoms with Crippen molar-refractivity contribution in [2.75, 3.05) is 0 Å². The number of aryl methyl sites for hydroxylation is 1. The van der Waals surface area contributed by atoms with Crippen LogP contribution in [-0.4, -0.2) is 16.6 Å². The molecule has 102 valence electrons. The van der Waals surface area contributed by atoms with Crippen molar-refractivity contribution in [2.24, 2.45) is 0 Å². The zero-order valence-electron chi connectivity index (χ0n) is 12.0. The first-order valence-electron chi connectivity index (χ1n) is 7.43. The lowest BCUT2D eigenvalue weighted by Gasteiger charge is -2.15. The van der Waals surface area contributed by atoms with Crippen molar-refractivity contribution in [3.05, 3.63) is 35.9 Å². The van der Waals surface area contributed by atoms with E-state index in [1.54, 1.807) is 0 Å². The van der Waals surface area contributed by atoms with Crippen LogP contribution >= 0.6 is 0 Å². The molecule has 1 aromatic carbocycles. The second kappa shape index (κ2) is 10.3. The van der Waals surface area contributed by atoms with Gasteiger partial charge in [-0.3, -0.25) is 0 Å². The molecule has 0 bridgehead atoms. The molecule has 1 atom stereocenters.